The minimum absolute atomic E-state index is 0.0202. The zero-order valence-corrected chi connectivity index (χ0v) is 24.6. The molecule has 0 heterocycles. The zero-order valence-electron chi connectivity index (χ0n) is 24.6. The van der Waals surface area contributed by atoms with Crippen molar-refractivity contribution in [2.24, 2.45) is 0 Å². The first-order chi connectivity index (χ1) is 22.4. The Morgan fingerprint density at radius 3 is 1.61 bits per heavy atom. The molecule has 0 fully saturated rings. The third kappa shape index (κ3) is 5.57. The van der Waals surface area contributed by atoms with Crippen LogP contribution >= 0.6 is 0 Å². The van der Waals surface area contributed by atoms with Gasteiger partial charge < -0.3 is 31.2 Å². The van der Waals surface area contributed by atoms with Crippen LogP contribution in [0.1, 0.15) is 11.1 Å². The van der Waals surface area contributed by atoms with Gasteiger partial charge in [0.1, 0.15) is 34.5 Å². The van der Waals surface area contributed by atoms with Crippen molar-refractivity contribution in [1.29, 1.82) is 0 Å². The molecule has 0 radical (unpaired) electrons. The molecule has 0 aromatic heterocycles. The number of hydrogen-bond acceptors (Lipinski definition) is 6. The van der Waals surface area contributed by atoms with E-state index in [2.05, 4.69) is 17.9 Å². The molecule has 0 aliphatic heterocycles. The van der Waals surface area contributed by atoms with Gasteiger partial charge >= 0.3 is 0 Å². The molecule has 6 heteroatoms. The van der Waals surface area contributed by atoms with Crippen LogP contribution in [0.4, 0.5) is 11.4 Å². The molecule has 222 valence electrons. The predicted octanol–water partition coefficient (Wildman–Crippen LogP) is 9.22. The minimum Gasteiger partial charge on any atom is -0.506 e. The first-order valence-electron chi connectivity index (χ1n) is 14.6. The van der Waals surface area contributed by atoms with E-state index in [-0.39, 0.29) is 22.9 Å². The SMILES string of the molecule is Nc1cc(Oc2ccc3ccccc3c2-c2c(Oc3ccc(O)c(N)c3)ccc3ccc(C#Cc4ccccc4)cc23)ccc1O. The highest BCUT2D eigenvalue weighted by molar-refractivity contribution is 6.10. The molecule has 0 aliphatic carbocycles. The number of fused-ring (bicyclic) bond motifs is 2. The van der Waals surface area contributed by atoms with Crippen LogP contribution in [0, 0.1) is 11.8 Å². The molecule has 0 saturated carbocycles. The number of nitrogens with two attached hydrogens (primary N) is 2. The predicted molar refractivity (Wildman–Crippen MR) is 184 cm³/mol. The molecular formula is C40H28N2O4. The summed E-state index contributed by atoms with van der Waals surface area (Å²) >= 11 is 0. The molecule has 0 spiro atoms. The van der Waals surface area contributed by atoms with Crippen molar-refractivity contribution in [2.75, 3.05) is 11.5 Å². The van der Waals surface area contributed by atoms with Crippen molar-refractivity contribution in [3.8, 4) is 57.5 Å². The maximum absolute atomic E-state index is 10.0. The van der Waals surface area contributed by atoms with Gasteiger partial charge in [0, 0.05) is 34.4 Å². The van der Waals surface area contributed by atoms with Crippen molar-refractivity contribution < 1.29 is 19.7 Å². The highest BCUT2D eigenvalue weighted by atomic mass is 16.5. The number of aromatic hydroxyl groups is 2. The smallest absolute Gasteiger partial charge is 0.138 e. The summed E-state index contributed by atoms with van der Waals surface area (Å²) in [7, 11) is 0. The van der Waals surface area contributed by atoms with Crippen LogP contribution in [0.15, 0.2) is 133 Å². The Hall–Kier alpha value is -6.58. The molecule has 6 N–H and O–H groups in total. The summed E-state index contributed by atoms with van der Waals surface area (Å²) in [5.41, 5.74) is 15.8. The molecule has 0 aliphatic rings. The Morgan fingerprint density at radius 2 is 0.978 bits per heavy atom. The van der Waals surface area contributed by atoms with Gasteiger partial charge in [0.2, 0.25) is 0 Å². The highest BCUT2D eigenvalue weighted by Crippen LogP contribution is 2.48. The molecule has 46 heavy (non-hydrogen) atoms. The maximum atomic E-state index is 10.0. The van der Waals surface area contributed by atoms with Crippen molar-refractivity contribution in [3.05, 3.63) is 145 Å². The van der Waals surface area contributed by atoms with E-state index in [4.69, 9.17) is 20.9 Å². The second-order valence-corrected chi connectivity index (χ2v) is 10.8. The first kappa shape index (κ1) is 28.2. The Bertz CT molecular complexity index is 2320. The highest BCUT2D eigenvalue weighted by Gasteiger charge is 2.21. The number of hydrogen-bond donors (Lipinski definition) is 4. The summed E-state index contributed by atoms with van der Waals surface area (Å²) in [5.74, 6) is 8.58. The monoisotopic (exact) mass is 600 g/mol. The van der Waals surface area contributed by atoms with E-state index in [1.54, 1.807) is 24.3 Å². The van der Waals surface area contributed by atoms with Crippen molar-refractivity contribution in [3.63, 3.8) is 0 Å². The van der Waals surface area contributed by atoms with E-state index in [1.807, 2.05) is 91.0 Å². The van der Waals surface area contributed by atoms with Crippen LogP contribution in [0.3, 0.4) is 0 Å². The van der Waals surface area contributed by atoms with Gasteiger partial charge in [-0.2, -0.15) is 0 Å². The fourth-order valence-corrected chi connectivity index (χ4v) is 5.43. The van der Waals surface area contributed by atoms with E-state index >= 15 is 0 Å². The van der Waals surface area contributed by atoms with Crippen LogP contribution in [0.5, 0.6) is 34.5 Å². The van der Waals surface area contributed by atoms with Gasteiger partial charge in [-0.25, -0.2) is 0 Å². The number of anilines is 2. The molecular weight excluding hydrogens is 572 g/mol. The Labute approximate surface area is 265 Å². The summed E-state index contributed by atoms with van der Waals surface area (Å²) in [6.07, 6.45) is 0. The Balaban J connectivity index is 1.50. The van der Waals surface area contributed by atoms with E-state index in [1.165, 1.54) is 12.1 Å². The summed E-state index contributed by atoms with van der Waals surface area (Å²) in [6.45, 7) is 0. The normalized spacial score (nSPS) is 10.8. The van der Waals surface area contributed by atoms with Crippen molar-refractivity contribution in [1.82, 2.24) is 0 Å². The Kier molecular flexibility index (Phi) is 7.26. The van der Waals surface area contributed by atoms with E-state index in [0.29, 0.717) is 23.0 Å². The lowest BCUT2D eigenvalue weighted by Gasteiger charge is -2.20. The van der Waals surface area contributed by atoms with Gasteiger partial charge in [-0.1, -0.05) is 72.5 Å². The van der Waals surface area contributed by atoms with Gasteiger partial charge in [-0.3, -0.25) is 0 Å². The fraction of sp³-hybridized carbons (Fsp3) is 0. The molecule has 6 nitrogen and oxygen atoms in total. The minimum atomic E-state index is -0.0226. The van der Waals surface area contributed by atoms with E-state index in [9.17, 15) is 10.2 Å². The molecule has 0 saturated heterocycles. The number of ether oxygens (including phenoxy) is 2. The standard InChI is InChI=1S/C40H28N2O4/c41-33-23-29(16-18-35(33)43)45-37-20-14-27-8-4-5-9-31(27)39(37)40-32-22-26(11-10-25-6-2-1-3-7-25)12-13-28(32)15-21-38(40)46-30-17-19-36(44)34(42)24-30/h1-9,12-24,43-44H,41-42H2. The number of phenolic OH excluding ortho intramolecular Hbond substituents is 2. The summed E-state index contributed by atoms with van der Waals surface area (Å²) < 4.78 is 13.0. The van der Waals surface area contributed by atoms with Gasteiger partial charge in [-0.05, 0) is 82.2 Å². The second kappa shape index (κ2) is 11.8. The maximum Gasteiger partial charge on any atom is 0.138 e. The third-order valence-electron chi connectivity index (χ3n) is 7.70. The van der Waals surface area contributed by atoms with E-state index < -0.39 is 0 Å². The fourth-order valence-electron chi connectivity index (χ4n) is 5.43. The Morgan fingerprint density at radius 1 is 0.457 bits per heavy atom. The largest absolute Gasteiger partial charge is 0.506 e. The van der Waals surface area contributed by atoms with E-state index in [0.717, 1.165) is 43.8 Å². The third-order valence-corrected chi connectivity index (χ3v) is 7.70. The molecule has 0 unspecified atom stereocenters. The number of rotatable bonds is 5. The summed E-state index contributed by atoms with van der Waals surface area (Å²) in [6, 6.07) is 41.4. The zero-order chi connectivity index (χ0) is 31.6. The van der Waals surface area contributed by atoms with Crippen LogP contribution in [0.2, 0.25) is 0 Å². The van der Waals surface area contributed by atoms with Crippen LogP contribution in [0.25, 0.3) is 32.7 Å². The molecule has 0 amide bonds. The van der Waals surface area contributed by atoms with Gasteiger partial charge in [0.25, 0.3) is 0 Å². The summed E-state index contributed by atoms with van der Waals surface area (Å²) in [5, 5.41) is 23.9. The second-order valence-electron chi connectivity index (χ2n) is 10.8. The quantitative estimate of drug-likeness (QED) is 0.0890. The average Bonchev–Trinajstić information content (AvgIpc) is 3.07. The van der Waals surface area contributed by atoms with Gasteiger partial charge in [-0.15, -0.1) is 0 Å². The van der Waals surface area contributed by atoms with Crippen LogP contribution < -0.4 is 20.9 Å². The lowest BCUT2D eigenvalue weighted by molar-refractivity contribution is 0.465. The summed E-state index contributed by atoms with van der Waals surface area (Å²) in [4.78, 5) is 0. The van der Waals surface area contributed by atoms with Crippen LogP contribution in [-0.2, 0) is 0 Å². The first-order valence-corrected chi connectivity index (χ1v) is 14.6. The van der Waals surface area contributed by atoms with Crippen molar-refractivity contribution in [2.45, 2.75) is 0 Å². The molecule has 7 aromatic carbocycles. The number of phenols is 2. The average molecular weight is 601 g/mol. The van der Waals surface area contributed by atoms with Crippen LogP contribution in [-0.4, -0.2) is 10.2 Å². The lowest BCUT2D eigenvalue weighted by Crippen LogP contribution is -1.96. The van der Waals surface area contributed by atoms with Crippen molar-refractivity contribution >= 4 is 32.9 Å². The molecule has 0 atom stereocenters. The topological polar surface area (TPSA) is 111 Å². The lowest BCUT2D eigenvalue weighted by atomic mass is 9.91. The number of benzene rings is 7. The molecule has 7 rings (SSSR count). The van der Waals surface area contributed by atoms with Gasteiger partial charge in [0.05, 0.1) is 11.4 Å². The molecule has 0 bridgehead atoms. The van der Waals surface area contributed by atoms with Gasteiger partial charge in [0.15, 0.2) is 0 Å². The molecule has 7 aromatic rings. The number of nitrogen functional groups attached to an aromatic ring is 2.